The highest BCUT2D eigenvalue weighted by Crippen LogP contribution is 2.29. The van der Waals surface area contributed by atoms with E-state index in [1.165, 1.54) is 4.90 Å². The molecule has 0 radical (unpaired) electrons. The molecule has 1 aromatic rings. The van der Waals surface area contributed by atoms with Crippen molar-refractivity contribution in [2.75, 3.05) is 13.1 Å². The van der Waals surface area contributed by atoms with Gasteiger partial charge in [0.15, 0.2) is 0 Å². The number of rotatable bonds is 3. The van der Waals surface area contributed by atoms with Crippen LogP contribution in [0, 0.1) is 0 Å². The van der Waals surface area contributed by atoms with Gasteiger partial charge in [-0.25, -0.2) is 0 Å². The quantitative estimate of drug-likeness (QED) is 0.814. The molecule has 3 saturated heterocycles. The topological polar surface area (TPSA) is 69.7 Å². The summed E-state index contributed by atoms with van der Waals surface area (Å²) >= 11 is 0. The van der Waals surface area contributed by atoms with Gasteiger partial charge in [0.25, 0.3) is 5.91 Å². The summed E-state index contributed by atoms with van der Waals surface area (Å²) < 4.78 is 0. The van der Waals surface area contributed by atoms with Crippen molar-refractivity contribution in [2.24, 2.45) is 0 Å². The van der Waals surface area contributed by atoms with Gasteiger partial charge in [0.2, 0.25) is 11.8 Å². The number of hydrogen-bond donors (Lipinski definition) is 1. The van der Waals surface area contributed by atoms with Crippen LogP contribution < -0.4 is 5.32 Å². The fraction of sp³-hybridized carbons (Fsp3) is 0.526. The number of carbonyl (C=O) groups is 3. The van der Waals surface area contributed by atoms with Crippen molar-refractivity contribution in [3.8, 4) is 0 Å². The summed E-state index contributed by atoms with van der Waals surface area (Å²) in [5, 5.41) is 3.41. The zero-order valence-electron chi connectivity index (χ0n) is 14.6. The Morgan fingerprint density at radius 2 is 1.65 bits per heavy atom. The fourth-order valence-electron chi connectivity index (χ4n) is 4.20. The number of benzene rings is 1. The van der Waals surface area contributed by atoms with E-state index in [1.807, 2.05) is 24.3 Å². The number of halogens is 1. The third-order valence-corrected chi connectivity index (χ3v) is 5.59. The van der Waals surface area contributed by atoms with E-state index >= 15 is 0 Å². The van der Waals surface area contributed by atoms with E-state index in [2.05, 4.69) is 10.2 Å². The van der Waals surface area contributed by atoms with Gasteiger partial charge in [-0.3, -0.25) is 19.3 Å². The molecule has 3 amide bonds. The maximum Gasteiger partial charge on any atom is 0.254 e. The molecule has 26 heavy (non-hydrogen) atoms. The summed E-state index contributed by atoms with van der Waals surface area (Å²) in [6.45, 7) is 2.15. The van der Waals surface area contributed by atoms with Gasteiger partial charge >= 0.3 is 0 Å². The van der Waals surface area contributed by atoms with Crippen molar-refractivity contribution in [2.45, 2.75) is 50.7 Å². The van der Waals surface area contributed by atoms with Crippen LogP contribution in [0.15, 0.2) is 24.3 Å². The summed E-state index contributed by atoms with van der Waals surface area (Å²) in [6.07, 6.45) is 3.79. The molecule has 0 aromatic heterocycles. The molecule has 0 aliphatic carbocycles. The number of amides is 3. The standard InChI is InChI=1S/C19H23N3O3.ClH/c23-17-7-8-18(24)21(17)12-13-1-3-14(4-2-13)19(25)22-15-5-6-16(22)11-20-10-9-15;/h1-4,15-16,20H,5-12H2;1H. The van der Waals surface area contributed by atoms with Crippen LogP contribution in [0.1, 0.15) is 48.0 Å². The van der Waals surface area contributed by atoms with Crippen LogP contribution in [0.2, 0.25) is 0 Å². The van der Waals surface area contributed by atoms with Gasteiger partial charge in [0, 0.05) is 37.0 Å². The molecule has 2 atom stereocenters. The molecule has 2 unspecified atom stereocenters. The molecule has 3 aliphatic rings. The largest absolute Gasteiger partial charge is 0.331 e. The molecular formula is C19H24ClN3O3. The van der Waals surface area contributed by atoms with Crippen LogP contribution in [0.4, 0.5) is 0 Å². The molecule has 6 nitrogen and oxygen atoms in total. The van der Waals surface area contributed by atoms with Gasteiger partial charge in [0.1, 0.15) is 0 Å². The summed E-state index contributed by atoms with van der Waals surface area (Å²) in [6, 6.07) is 7.97. The molecule has 1 N–H and O–H groups in total. The average Bonchev–Trinajstić information content (AvgIpc) is 3.06. The highest BCUT2D eigenvalue weighted by molar-refractivity contribution is 6.01. The summed E-state index contributed by atoms with van der Waals surface area (Å²) in [4.78, 5) is 39.8. The van der Waals surface area contributed by atoms with E-state index in [-0.39, 0.29) is 30.1 Å². The fourth-order valence-corrected chi connectivity index (χ4v) is 4.20. The Bertz CT molecular complexity index is 676. The molecule has 3 aliphatic heterocycles. The smallest absolute Gasteiger partial charge is 0.254 e. The minimum atomic E-state index is -0.112. The maximum atomic E-state index is 13.0. The highest BCUT2D eigenvalue weighted by atomic mass is 35.5. The van der Waals surface area contributed by atoms with E-state index < -0.39 is 0 Å². The Morgan fingerprint density at radius 1 is 1.00 bits per heavy atom. The Morgan fingerprint density at radius 3 is 2.35 bits per heavy atom. The normalized spacial score (nSPS) is 25.2. The zero-order valence-corrected chi connectivity index (χ0v) is 15.5. The number of nitrogens with zero attached hydrogens (tertiary/aromatic N) is 2. The lowest BCUT2D eigenvalue weighted by molar-refractivity contribution is -0.139. The van der Waals surface area contributed by atoms with Gasteiger partial charge in [-0.1, -0.05) is 12.1 Å². The van der Waals surface area contributed by atoms with E-state index in [1.54, 1.807) is 0 Å². The van der Waals surface area contributed by atoms with Crippen molar-refractivity contribution in [1.82, 2.24) is 15.1 Å². The molecule has 0 spiro atoms. The lowest BCUT2D eigenvalue weighted by Crippen LogP contribution is -2.42. The number of hydrogen-bond acceptors (Lipinski definition) is 4. The van der Waals surface area contributed by atoms with Gasteiger partial charge in [-0.2, -0.15) is 0 Å². The first-order chi connectivity index (χ1) is 12.1. The second-order valence-corrected chi connectivity index (χ2v) is 7.16. The van der Waals surface area contributed by atoms with Crippen LogP contribution in [0.5, 0.6) is 0 Å². The molecular weight excluding hydrogens is 354 g/mol. The SMILES string of the molecule is Cl.O=C1CCC(=O)N1Cc1ccc(C(=O)N2C3CCNCC2CC3)cc1. The minimum Gasteiger partial charge on any atom is -0.331 e. The summed E-state index contributed by atoms with van der Waals surface area (Å²) in [5.74, 6) is -0.131. The predicted octanol–water partition coefficient (Wildman–Crippen LogP) is 1.72. The third kappa shape index (κ3) is 3.48. The van der Waals surface area contributed by atoms with E-state index in [0.29, 0.717) is 37.0 Å². The van der Waals surface area contributed by atoms with Gasteiger partial charge < -0.3 is 10.2 Å². The molecule has 3 fully saturated rings. The van der Waals surface area contributed by atoms with Crippen molar-refractivity contribution < 1.29 is 14.4 Å². The van der Waals surface area contributed by atoms with Crippen LogP contribution in [-0.4, -0.2) is 52.7 Å². The molecule has 2 bridgehead atoms. The first-order valence-corrected chi connectivity index (χ1v) is 9.09. The summed E-state index contributed by atoms with van der Waals surface area (Å²) in [5.41, 5.74) is 1.56. The van der Waals surface area contributed by atoms with E-state index in [0.717, 1.165) is 37.9 Å². The Balaban J connectivity index is 0.00000196. The molecule has 7 heteroatoms. The van der Waals surface area contributed by atoms with Crippen LogP contribution in [0.3, 0.4) is 0 Å². The highest BCUT2D eigenvalue weighted by Gasteiger charge is 2.38. The second kappa shape index (κ2) is 7.76. The van der Waals surface area contributed by atoms with Gasteiger partial charge in [-0.15, -0.1) is 12.4 Å². The van der Waals surface area contributed by atoms with Crippen molar-refractivity contribution in [1.29, 1.82) is 0 Å². The Labute approximate surface area is 159 Å². The monoisotopic (exact) mass is 377 g/mol. The second-order valence-electron chi connectivity index (χ2n) is 7.16. The van der Waals surface area contributed by atoms with E-state index in [9.17, 15) is 14.4 Å². The lowest BCUT2D eigenvalue weighted by Gasteiger charge is -2.28. The zero-order chi connectivity index (χ0) is 17.4. The van der Waals surface area contributed by atoms with E-state index in [4.69, 9.17) is 0 Å². The predicted molar refractivity (Wildman–Crippen MR) is 98.9 cm³/mol. The van der Waals surface area contributed by atoms with Crippen LogP contribution >= 0.6 is 12.4 Å². The number of likely N-dealkylation sites (tertiary alicyclic amines) is 1. The van der Waals surface area contributed by atoms with Crippen molar-refractivity contribution >= 4 is 30.1 Å². The van der Waals surface area contributed by atoms with Gasteiger partial charge in [0.05, 0.1) is 6.54 Å². The maximum absolute atomic E-state index is 13.0. The van der Waals surface area contributed by atoms with Gasteiger partial charge in [-0.05, 0) is 43.5 Å². The minimum absolute atomic E-state index is 0. The number of imide groups is 1. The molecule has 140 valence electrons. The first kappa shape index (κ1) is 18.9. The lowest BCUT2D eigenvalue weighted by atomic mass is 10.1. The van der Waals surface area contributed by atoms with Crippen molar-refractivity contribution in [3.05, 3.63) is 35.4 Å². The number of carbonyl (C=O) groups excluding carboxylic acids is 3. The molecule has 1 aromatic carbocycles. The number of nitrogens with one attached hydrogen (secondary N) is 1. The Hall–Kier alpha value is -1.92. The van der Waals surface area contributed by atoms with Crippen molar-refractivity contribution in [3.63, 3.8) is 0 Å². The first-order valence-electron chi connectivity index (χ1n) is 9.09. The summed E-state index contributed by atoms with van der Waals surface area (Å²) in [7, 11) is 0. The third-order valence-electron chi connectivity index (χ3n) is 5.59. The molecule has 3 heterocycles. The Kier molecular flexibility index (Phi) is 5.63. The van der Waals surface area contributed by atoms with Crippen LogP contribution in [0.25, 0.3) is 0 Å². The molecule has 0 saturated carbocycles. The number of fused-ring (bicyclic) bond motifs is 2. The molecule has 4 rings (SSSR count). The average molecular weight is 378 g/mol. The van der Waals surface area contributed by atoms with Crippen LogP contribution in [-0.2, 0) is 16.1 Å².